The molecule has 5 heteroatoms. The molecule has 1 aromatic rings. The van der Waals surface area contributed by atoms with Gasteiger partial charge in [-0.2, -0.15) is 16.7 Å². The average molecular weight is 297 g/mol. The van der Waals surface area contributed by atoms with Crippen molar-refractivity contribution < 1.29 is 4.52 Å². The molecule has 1 fully saturated rings. The summed E-state index contributed by atoms with van der Waals surface area (Å²) in [7, 11) is 0. The third kappa shape index (κ3) is 4.48. The monoisotopic (exact) mass is 297 g/mol. The van der Waals surface area contributed by atoms with Crippen LogP contribution in [0.2, 0.25) is 0 Å². The molecular weight excluding hydrogens is 270 g/mol. The van der Waals surface area contributed by atoms with Gasteiger partial charge in [0.15, 0.2) is 5.82 Å². The van der Waals surface area contributed by atoms with E-state index in [0.29, 0.717) is 17.2 Å². The highest BCUT2D eigenvalue weighted by Crippen LogP contribution is 2.36. The van der Waals surface area contributed by atoms with Crippen LogP contribution in [0.25, 0.3) is 0 Å². The van der Waals surface area contributed by atoms with Crippen molar-refractivity contribution in [3.05, 3.63) is 11.7 Å². The summed E-state index contributed by atoms with van der Waals surface area (Å²) in [6.07, 6.45) is 5.78. The molecule has 1 aromatic heterocycles. The van der Waals surface area contributed by atoms with E-state index in [0.717, 1.165) is 31.1 Å². The van der Waals surface area contributed by atoms with Gasteiger partial charge in [0.1, 0.15) is 0 Å². The van der Waals surface area contributed by atoms with E-state index in [1.54, 1.807) is 0 Å². The van der Waals surface area contributed by atoms with E-state index in [1.807, 2.05) is 11.8 Å². The van der Waals surface area contributed by atoms with Crippen molar-refractivity contribution in [2.24, 2.45) is 5.92 Å². The molecule has 4 nitrogen and oxygen atoms in total. The number of thioether (sulfide) groups is 1. The van der Waals surface area contributed by atoms with E-state index in [9.17, 15) is 0 Å². The van der Waals surface area contributed by atoms with Crippen LogP contribution in [0.4, 0.5) is 0 Å². The molecule has 1 aliphatic rings. The third-order valence-corrected chi connectivity index (χ3v) is 5.18. The summed E-state index contributed by atoms with van der Waals surface area (Å²) < 4.78 is 5.46. The standard InChI is InChI=1S/C15H27N3OS/c1-4-8-16-12(11(2)3)10-14-17-15(18-19-14)13-7-5-6-9-20-13/h11-13,16H,4-10H2,1-3H3. The van der Waals surface area contributed by atoms with E-state index in [1.165, 1.54) is 25.0 Å². The van der Waals surface area contributed by atoms with Gasteiger partial charge in [-0.15, -0.1) is 0 Å². The second-order valence-corrected chi connectivity index (χ2v) is 7.22. The average Bonchev–Trinajstić information content (AvgIpc) is 2.92. The summed E-state index contributed by atoms with van der Waals surface area (Å²) in [4.78, 5) is 4.63. The lowest BCUT2D eigenvalue weighted by atomic mass is 10.0. The van der Waals surface area contributed by atoms with Crippen LogP contribution in [0.1, 0.15) is 63.4 Å². The van der Waals surface area contributed by atoms with Crippen LogP contribution in [-0.4, -0.2) is 28.5 Å². The molecule has 1 saturated heterocycles. The topological polar surface area (TPSA) is 51.0 Å². The lowest BCUT2D eigenvalue weighted by Crippen LogP contribution is -2.36. The van der Waals surface area contributed by atoms with Gasteiger partial charge < -0.3 is 9.84 Å². The first kappa shape index (κ1) is 15.8. The molecule has 0 radical (unpaired) electrons. The van der Waals surface area contributed by atoms with Crippen molar-refractivity contribution in [2.75, 3.05) is 12.3 Å². The van der Waals surface area contributed by atoms with Crippen molar-refractivity contribution in [3.8, 4) is 0 Å². The number of nitrogens with one attached hydrogen (secondary N) is 1. The Kier molecular flexibility index (Phi) is 6.36. The smallest absolute Gasteiger partial charge is 0.228 e. The van der Waals surface area contributed by atoms with Gasteiger partial charge in [0.25, 0.3) is 0 Å². The molecule has 2 atom stereocenters. The summed E-state index contributed by atoms with van der Waals surface area (Å²) in [5.41, 5.74) is 0. The molecule has 0 aliphatic carbocycles. The highest BCUT2D eigenvalue weighted by atomic mass is 32.2. The highest BCUT2D eigenvalue weighted by Gasteiger charge is 2.23. The number of nitrogens with zero attached hydrogens (tertiary/aromatic N) is 2. The van der Waals surface area contributed by atoms with E-state index < -0.39 is 0 Å². The second-order valence-electron chi connectivity index (χ2n) is 5.91. The van der Waals surface area contributed by atoms with Gasteiger partial charge in [-0.05, 0) is 37.5 Å². The van der Waals surface area contributed by atoms with E-state index >= 15 is 0 Å². The minimum Gasteiger partial charge on any atom is -0.339 e. The molecule has 2 unspecified atom stereocenters. The van der Waals surface area contributed by atoms with Crippen molar-refractivity contribution in [1.82, 2.24) is 15.5 Å². The van der Waals surface area contributed by atoms with Crippen LogP contribution in [0.15, 0.2) is 4.52 Å². The fraction of sp³-hybridized carbons (Fsp3) is 0.867. The second kappa shape index (κ2) is 8.03. The van der Waals surface area contributed by atoms with Crippen LogP contribution in [0.5, 0.6) is 0 Å². The first-order valence-electron chi connectivity index (χ1n) is 7.88. The lowest BCUT2D eigenvalue weighted by Gasteiger charge is -2.20. The molecule has 2 rings (SSSR count). The van der Waals surface area contributed by atoms with Gasteiger partial charge in [0, 0.05) is 12.5 Å². The summed E-state index contributed by atoms with van der Waals surface area (Å²) >= 11 is 1.97. The number of hydrogen-bond donors (Lipinski definition) is 1. The Morgan fingerprint density at radius 1 is 1.40 bits per heavy atom. The maximum Gasteiger partial charge on any atom is 0.228 e. The Morgan fingerprint density at radius 2 is 2.25 bits per heavy atom. The zero-order valence-electron chi connectivity index (χ0n) is 12.9. The van der Waals surface area contributed by atoms with Crippen molar-refractivity contribution >= 4 is 11.8 Å². The van der Waals surface area contributed by atoms with Crippen LogP contribution in [-0.2, 0) is 6.42 Å². The maximum absolute atomic E-state index is 5.46. The van der Waals surface area contributed by atoms with E-state index in [-0.39, 0.29) is 0 Å². The van der Waals surface area contributed by atoms with Gasteiger partial charge in [-0.25, -0.2) is 0 Å². The summed E-state index contributed by atoms with van der Waals surface area (Å²) in [5, 5.41) is 8.22. The molecule has 1 aliphatic heterocycles. The molecule has 1 N–H and O–H groups in total. The maximum atomic E-state index is 5.46. The van der Waals surface area contributed by atoms with Gasteiger partial charge >= 0.3 is 0 Å². The third-order valence-electron chi connectivity index (χ3n) is 3.81. The van der Waals surface area contributed by atoms with Crippen LogP contribution >= 0.6 is 11.8 Å². The molecule has 2 heterocycles. The SMILES string of the molecule is CCCNC(Cc1nc(C2CCCCS2)no1)C(C)C. The number of hydrogen-bond acceptors (Lipinski definition) is 5. The summed E-state index contributed by atoms with van der Waals surface area (Å²) in [6.45, 7) is 7.71. The lowest BCUT2D eigenvalue weighted by molar-refractivity contribution is 0.324. The fourth-order valence-electron chi connectivity index (χ4n) is 2.49. The fourth-order valence-corrected chi connectivity index (χ4v) is 3.72. The predicted molar refractivity (Wildman–Crippen MR) is 84.0 cm³/mol. The Labute approximate surface area is 126 Å². The molecule has 20 heavy (non-hydrogen) atoms. The molecule has 114 valence electrons. The molecule has 0 saturated carbocycles. The number of rotatable bonds is 7. The first-order valence-corrected chi connectivity index (χ1v) is 8.93. The zero-order valence-corrected chi connectivity index (χ0v) is 13.7. The van der Waals surface area contributed by atoms with Gasteiger partial charge in [0.2, 0.25) is 5.89 Å². The quantitative estimate of drug-likeness (QED) is 0.833. The van der Waals surface area contributed by atoms with Crippen molar-refractivity contribution in [1.29, 1.82) is 0 Å². The zero-order chi connectivity index (χ0) is 14.4. The normalized spacial score (nSPS) is 21.3. The van der Waals surface area contributed by atoms with Crippen LogP contribution in [0, 0.1) is 5.92 Å². The van der Waals surface area contributed by atoms with Crippen molar-refractivity contribution in [2.45, 2.75) is 64.2 Å². The van der Waals surface area contributed by atoms with E-state index in [4.69, 9.17) is 4.52 Å². The van der Waals surface area contributed by atoms with Gasteiger partial charge in [-0.3, -0.25) is 0 Å². The molecule has 0 bridgehead atoms. The largest absolute Gasteiger partial charge is 0.339 e. The minimum absolute atomic E-state index is 0.419. The minimum atomic E-state index is 0.419. The molecule has 0 spiro atoms. The Hall–Kier alpha value is -0.550. The Morgan fingerprint density at radius 3 is 2.90 bits per heavy atom. The summed E-state index contributed by atoms with van der Waals surface area (Å²) in [5.74, 6) is 3.48. The molecular formula is C15H27N3OS. The van der Waals surface area contributed by atoms with E-state index in [2.05, 4.69) is 36.2 Å². The highest BCUT2D eigenvalue weighted by molar-refractivity contribution is 7.99. The molecule has 0 amide bonds. The van der Waals surface area contributed by atoms with Crippen LogP contribution in [0.3, 0.4) is 0 Å². The predicted octanol–water partition coefficient (Wildman–Crippen LogP) is 3.59. The summed E-state index contributed by atoms with van der Waals surface area (Å²) in [6, 6.07) is 0.419. The Bertz CT molecular complexity index is 388. The van der Waals surface area contributed by atoms with Gasteiger partial charge in [-0.1, -0.05) is 32.3 Å². The van der Waals surface area contributed by atoms with Gasteiger partial charge in [0.05, 0.1) is 5.25 Å². The first-order chi connectivity index (χ1) is 9.70. The molecule has 0 aromatic carbocycles. The van der Waals surface area contributed by atoms with Crippen LogP contribution < -0.4 is 5.32 Å². The van der Waals surface area contributed by atoms with Crippen molar-refractivity contribution in [3.63, 3.8) is 0 Å². The Balaban J connectivity index is 1.93. The number of aromatic nitrogens is 2.